The van der Waals surface area contributed by atoms with Crippen LogP contribution in [0.25, 0.3) is 0 Å². The highest BCUT2D eigenvalue weighted by Gasteiger charge is 2.39. The molecule has 1 fully saturated rings. The summed E-state index contributed by atoms with van der Waals surface area (Å²) >= 11 is 6.09. The number of nitriles is 1. The highest BCUT2D eigenvalue weighted by atomic mass is 35.5. The fraction of sp³-hybridized carbons (Fsp3) is 0.533. The topological polar surface area (TPSA) is 23.8 Å². The number of benzene rings is 1. The Bertz CT molecular complexity index is 480. The van der Waals surface area contributed by atoms with Gasteiger partial charge in [0.15, 0.2) is 0 Å². The van der Waals surface area contributed by atoms with Gasteiger partial charge in [0, 0.05) is 5.02 Å². The molecule has 1 nitrogen and oxygen atoms in total. The second kappa shape index (κ2) is 5.28. The maximum atomic E-state index is 13.3. The Labute approximate surface area is 113 Å². The van der Waals surface area contributed by atoms with Crippen LogP contribution < -0.4 is 0 Å². The predicted molar refractivity (Wildman–Crippen MR) is 70.8 cm³/mol. The van der Waals surface area contributed by atoms with E-state index in [0.717, 1.165) is 31.2 Å². The maximum absolute atomic E-state index is 13.3. The van der Waals surface area contributed by atoms with Crippen LogP contribution in [0, 0.1) is 28.5 Å². The number of hydrogen-bond acceptors (Lipinski definition) is 1. The van der Waals surface area contributed by atoms with Crippen molar-refractivity contribution in [2.45, 2.75) is 39.0 Å². The smallest absolute Gasteiger partial charge is 0.123 e. The number of hydrogen-bond donors (Lipinski definition) is 0. The fourth-order valence-corrected chi connectivity index (χ4v) is 3.11. The molecule has 3 heteroatoms. The minimum absolute atomic E-state index is 0.285. The van der Waals surface area contributed by atoms with Crippen molar-refractivity contribution >= 4 is 11.6 Å². The minimum Gasteiger partial charge on any atom is -0.207 e. The van der Waals surface area contributed by atoms with Gasteiger partial charge < -0.3 is 0 Å². The average Bonchev–Trinajstić information content (AvgIpc) is 2.78. The zero-order valence-electron chi connectivity index (χ0n) is 10.5. The summed E-state index contributed by atoms with van der Waals surface area (Å²) in [6.07, 6.45) is 4.58. The first-order valence-electron chi connectivity index (χ1n) is 6.44. The van der Waals surface area contributed by atoms with Crippen molar-refractivity contribution in [3.05, 3.63) is 34.6 Å². The summed E-state index contributed by atoms with van der Waals surface area (Å²) in [5.74, 6) is 0.338. The van der Waals surface area contributed by atoms with Crippen molar-refractivity contribution in [1.29, 1.82) is 5.26 Å². The van der Waals surface area contributed by atoms with Crippen molar-refractivity contribution < 1.29 is 4.39 Å². The lowest BCUT2D eigenvalue weighted by Crippen LogP contribution is -2.18. The molecule has 18 heavy (non-hydrogen) atoms. The highest BCUT2D eigenvalue weighted by molar-refractivity contribution is 6.31. The lowest BCUT2D eigenvalue weighted by Gasteiger charge is -2.21. The molecule has 2 atom stereocenters. The van der Waals surface area contributed by atoms with E-state index in [1.165, 1.54) is 12.1 Å². The Morgan fingerprint density at radius 3 is 2.94 bits per heavy atom. The van der Waals surface area contributed by atoms with Crippen LogP contribution in [0.4, 0.5) is 4.39 Å². The third-order valence-corrected chi connectivity index (χ3v) is 4.43. The van der Waals surface area contributed by atoms with Crippen LogP contribution in [0.5, 0.6) is 0 Å². The monoisotopic (exact) mass is 265 g/mol. The van der Waals surface area contributed by atoms with E-state index < -0.39 is 0 Å². The predicted octanol–water partition coefficient (Wildman–Crippen LogP) is 4.74. The van der Waals surface area contributed by atoms with Gasteiger partial charge in [0.05, 0.1) is 11.5 Å². The standard InChI is InChI=1S/C15H17ClFN/c1-2-11-5-6-15(8-11,10-18)9-12-7-13(17)3-4-14(12)16/h3-4,7,11H,2,5-6,8-9H2,1H3. The summed E-state index contributed by atoms with van der Waals surface area (Å²) in [6.45, 7) is 2.16. The van der Waals surface area contributed by atoms with Crippen LogP contribution in [0.2, 0.25) is 5.02 Å². The largest absolute Gasteiger partial charge is 0.207 e. The van der Waals surface area contributed by atoms with E-state index in [-0.39, 0.29) is 11.2 Å². The van der Waals surface area contributed by atoms with Gasteiger partial charge in [-0.2, -0.15) is 5.26 Å². The zero-order valence-corrected chi connectivity index (χ0v) is 11.3. The Morgan fingerprint density at radius 1 is 1.56 bits per heavy atom. The van der Waals surface area contributed by atoms with Crippen LogP contribution in [0.1, 0.15) is 38.2 Å². The maximum Gasteiger partial charge on any atom is 0.123 e. The molecule has 2 unspecified atom stereocenters. The third-order valence-electron chi connectivity index (χ3n) is 4.06. The van der Waals surface area contributed by atoms with E-state index in [9.17, 15) is 9.65 Å². The van der Waals surface area contributed by atoms with Gasteiger partial charge in [-0.3, -0.25) is 0 Å². The molecule has 0 aromatic heterocycles. The average molecular weight is 266 g/mol. The van der Waals surface area contributed by atoms with Gasteiger partial charge in [0.2, 0.25) is 0 Å². The van der Waals surface area contributed by atoms with Crippen LogP contribution in [-0.4, -0.2) is 0 Å². The molecule has 0 heterocycles. The van der Waals surface area contributed by atoms with E-state index in [1.54, 1.807) is 6.07 Å². The van der Waals surface area contributed by atoms with E-state index >= 15 is 0 Å². The van der Waals surface area contributed by atoms with Crippen molar-refractivity contribution in [2.75, 3.05) is 0 Å². The molecule has 0 saturated heterocycles. The first-order valence-corrected chi connectivity index (χ1v) is 6.81. The molecule has 0 radical (unpaired) electrons. The van der Waals surface area contributed by atoms with Crippen LogP contribution in [-0.2, 0) is 6.42 Å². The van der Waals surface area contributed by atoms with Crippen LogP contribution in [0.15, 0.2) is 18.2 Å². The molecule has 1 aliphatic rings. The van der Waals surface area contributed by atoms with Gasteiger partial charge in [-0.15, -0.1) is 0 Å². The van der Waals surface area contributed by atoms with E-state index in [4.69, 9.17) is 11.6 Å². The highest BCUT2D eigenvalue weighted by Crippen LogP contribution is 2.45. The van der Waals surface area contributed by atoms with E-state index in [0.29, 0.717) is 17.4 Å². The number of halogens is 2. The van der Waals surface area contributed by atoms with Crippen molar-refractivity contribution in [1.82, 2.24) is 0 Å². The van der Waals surface area contributed by atoms with E-state index in [1.807, 2.05) is 0 Å². The number of nitrogens with zero attached hydrogens (tertiary/aromatic N) is 1. The molecule has 0 spiro atoms. The lowest BCUT2D eigenvalue weighted by molar-refractivity contribution is 0.380. The Balaban J connectivity index is 2.21. The molecule has 1 aliphatic carbocycles. The van der Waals surface area contributed by atoms with Crippen molar-refractivity contribution in [3.63, 3.8) is 0 Å². The second-order valence-corrected chi connectivity index (χ2v) is 5.73. The molecular formula is C15H17ClFN. The van der Waals surface area contributed by atoms with Gasteiger partial charge >= 0.3 is 0 Å². The fourth-order valence-electron chi connectivity index (χ4n) is 2.93. The third kappa shape index (κ3) is 2.67. The van der Waals surface area contributed by atoms with Gasteiger partial charge in [-0.1, -0.05) is 24.9 Å². The summed E-state index contributed by atoms with van der Waals surface area (Å²) in [6, 6.07) is 6.84. The SMILES string of the molecule is CCC1CCC(C#N)(Cc2cc(F)ccc2Cl)C1. The van der Waals surface area contributed by atoms with Crippen LogP contribution in [0.3, 0.4) is 0 Å². The molecular weight excluding hydrogens is 249 g/mol. The Morgan fingerprint density at radius 2 is 2.33 bits per heavy atom. The molecule has 1 aromatic rings. The van der Waals surface area contributed by atoms with Gasteiger partial charge in [0.25, 0.3) is 0 Å². The molecule has 0 bridgehead atoms. The summed E-state index contributed by atoms with van der Waals surface area (Å²) in [5.41, 5.74) is 0.410. The minimum atomic E-state index is -0.349. The normalized spacial score (nSPS) is 27.1. The van der Waals surface area contributed by atoms with Crippen molar-refractivity contribution in [3.8, 4) is 6.07 Å². The second-order valence-electron chi connectivity index (χ2n) is 5.32. The molecule has 0 N–H and O–H groups in total. The molecule has 96 valence electrons. The summed E-state index contributed by atoms with van der Waals surface area (Å²) < 4.78 is 13.3. The quantitative estimate of drug-likeness (QED) is 0.774. The summed E-state index contributed by atoms with van der Waals surface area (Å²) in [4.78, 5) is 0. The molecule has 2 rings (SSSR count). The summed E-state index contributed by atoms with van der Waals surface area (Å²) in [5, 5.41) is 10.0. The molecule has 1 aromatic carbocycles. The van der Waals surface area contributed by atoms with Gasteiger partial charge in [-0.05, 0) is 55.4 Å². The van der Waals surface area contributed by atoms with Crippen molar-refractivity contribution in [2.24, 2.45) is 11.3 Å². The first kappa shape index (κ1) is 13.4. The zero-order chi connectivity index (χ0) is 13.2. The molecule has 1 saturated carbocycles. The van der Waals surface area contributed by atoms with Gasteiger partial charge in [0.1, 0.15) is 5.82 Å². The Hall–Kier alpha value is -1.07. The number of rotatable bonds is 3. The first-order chi connectivity index (χ1) is 8.58. The Kier molecular flexibility index (Phi) is 3.92. The van der Waals surface area contributed by atoms with Crippen LogP contribution >= 0.6 is 11.6 Å². The molecule has 0 amide bonds. The lowest BCUT2D eigenvalue weighted by atomic mass is 9.80. The molecule has 0 aliphatic heterocycles. The van der Waals surface area contributed by atoms with Gasteiger partial charge in [-0.25, -0.2) is 4.39 Å². The van der Waals surface area contributed by atoms with E-state index in [2.05, 4.69) is 13.0 Å². The summed E-state index contributed by atoms with van der Waals surface area (Å²) in [7, 11) is 0.